The number of unbranched alkanes of at least 4 members (excludes halogenated alkanes) is 3. The molecule has 2 aromatic heterocycles. The summed E-state index contributed by atoms with van der Waals surface area (Å²) in [5.74, 6) is 1.52. The first-order valence-corrected chi connectivity index (χ1v) is 15.7. The normalized spacial score (nSPS) is 11.5. The van der Waals surface area contributed by atoms with E-state index in [0.717, 1.165) is 32.1 Å². The van der Waals surface area contributed by atoms with Crippen LogP contribution in [0.25, 0.3) is 11.0 Å². The lowest BCUT2D eigenvalue weighted by atomic mass is 10.2. The lowest BCUT2D eigenvalue weighted by Gasteiger charge is -2.16. The van der Waals surface area contributed by atoms with E-state index in [2.05, 4.69) is 15.0 Å². The minimum atomic E-state index is -4.09. The Balaban J connectivity index is 1.60. The van der Waals surface area contributed by atoms with Crippen LogP contribution in [-0.2, 0) is 31.2 Å². The third kappa shape index (κ3) is 8.03. The molecule has 2 aromatic carbocycles. The van der Waals surface area contributed by atoms with Gasteiger partial charge in [0.15, 0.2) is 10.8 Å². The zero-order valence-corrected chi connectivity index (χ0v) is 26.0. The number of nitrogens with one attached hydrogen (secondary N) is 2. The van der Waals surface area contributed by atoms with Gasteiger partial charge in [0.1, 0.15) is 17.2 Å². The summed E-state index contributed by atoms with van der Waals surface area (Å²) >= 11 is 0. The standard InChI is InChI=1S/C29H38N6O8S/c1-5-11-41-20-13-21(42-12-9-7-6-8-10-30-28(36)37)15-22(14-20)43-26-17-25-24(34(3)29(38)35(25)4)16-23(26)32-44(39,40)27-18-33(2)19-31-27/h13-19,30,32H,5-12H2,1-4H3,(H,36,37). The number of ether oxygens (including phenoxy) is 3. The summed E-state index contributed by atoms with van der Waals surface area (Å²) in [7, 11) is 0.809. The highest BCUT2D eigenvalue weighted by molar-refractivity contribution is 7.92. The lowest BCUT2D eigenvalue weighted by Crippen LogP contribution is -2.21. The van der Waals surface area contributed by atoms with Crippen molar-refractivity contribution in [2.75, 3.05) is 24.5 Å². The molecule has 0 aliphatic heterocycles. The fourth-order valence-corrected chi connectivity index (χ4v) is 5.54. The Labute approximate surface area is 255 Å². The van der Waals surface area contributed by atoms with Crippen LogP contribution in [0.3, 0.4) is 0 Å². The molecule has 0 radical (unpaired) electrons. The number of aromatic nitrogens is 4. The van der Waals surface area contributed by atoms with Gasteiger partial charge in [0, 0.05) is 58.2 Å². The number of fused-ring (bicyclic) bond motifs is 1. The summed E-state index contributed by atoms with van der Waals surface area (Å²) in [6.07, 6.45) is 5.76. The van der Waals surface area contributed by atoms with Crippen LogP contribution < -0.4 is 29.9 Å². The molecule has 1 amide bonds. The largest absolute Gasteiger partial charge is 0.493 e. The van der Waals surface area contributed by atoms with Crippen molar-refractivity contribution in [2.45, 2.75) is 44.1 Å². The second kappa shape index (κ2) is 14.2. The molecule has 14 nitrogen and oxygen atoms in total. The minimum Gasteiger partial charge on any atom is -0.493 e. The molecule has 238 valence electrons. The molecule has 0 unspecified atom stereocenters. The SMILES string of the molecule is CCCOc1cc(OCCCCCCNC(=O)O)cc(Oc2cc3c(cc2NS(=O)(=O)c2cn(C)cn2)n(C)c(=O)n3C)c1. The van der Waals surface area contributed by atoms with Crippen molar-refractivity contribution in [3.05, 3.63) is 53.3 Å². The van der Waals surface area contributed by atoms with Gasteiger partial charge in [0.2, 0.25) is 0 Å². The number of aryl methyl sites for hydroxylation is 3. The van der Waals surface area contributed by atoms with Crippen molar-refractivity contribution < 1.29 is 32.5 Å². The number of sulfonamides is 1. The van der Waals surface area contributed by atoms with Gasteiger partial charge in [0.05, 0.1) is 36.3 Å². The highest BCUT2D eigenvalue weighted by Crippen LogP contribution is 2.37. The fourth-order valence-electron chi connectivity index (χ4n) is 4.50. The van der Waals surface area contributed by atoms with Crippen molar-refractivity contribution in [1.29, 1.82) is 0 Å². The van der Waals surface area contributed by atoms with Gasteiger partial charge in [0.25, 0.3) is 10.0 Å². The second-order valence-electron chi connectivity index (χ2n) is 10.3. The van der Waals surface area contributed by atoms with Gasteiger partial charge in [-0.05, 0) is 25.3 Å². The molecule has 0 saturated carbocycles. The molecule has 0 aliphatic carbocycles. The number of anilines is 1. The molecule has 0 bridgehead atoms. The van der Waals surface area contributed by atoms with Crippen molar-refractivity contribution in [2.24, 2.45) is 21.1 Å². The first-order valence-electron chi connectivity index (χ1n) is 14.2. The molecule has 15 heteroatoms. The van der Waals surface area contributed by atoms with E-state index in [1.54, 1.807) is 51.5 Å². The number of benzene rings is 2. The highest BCUT2D eigenvalue weighted by Gasteiger charge is 2.22. The van der Waals surface area contributed by atoms with Crippen LogP contribution in [0.1, 0.15) is 39.0 Å². The van der Waals surface area contributed by atoms with E-state index in [1.807, 2.05) is 6.92 Å². The van der Waals surface area contributed by atoms with Crippen LogP contribution in [-0.4, -0.2) is 58.1 Å². The summed E-state index contributed by atoms with van der Waals surface area (Å²) in [6.45, 7) is 3.30. The molecule has 4 aromatic rings. The van der Waals surface area contributed by atoms with Crippen molar-refractivity contribution in [3.63, 3.8) is 0 Å². The number of hydrogen-bond donors (Lipinski definition) is 3. The van der Waals surface area contributed by atoms with E-state index in [1.165, 1.54) is 26.2 Å². The summed E-state index contributed by atoms with van der Waals surface area (Å²) in [4.78, 5) is 27.2. The molecule has 2 heterocycles. The Morgan fingerprint density at radius 1 is 0.909 bits per heavy atom. The average Bonchev–Trinajstić information content (AvgIpc) is 3.51. The predicted octanol–water partition coefficient (Wildman–Crippen LogP) is 4.20. The maximum Gasteiger partial charge on any atom is 0.404 e. The van der Waals surface area contributed by atoms with Crippen LogP contribution in [0.5, 0.6) is 23.0 Å². The van der Waals surface area contributed by atoms with Crippen molar-refractivity contribution in [1.82, 2.24) is 24.0 Å². The second-order valence-corrected chi connectivity index (χ2v) is 11.9. The quantitative estimate of drug-likeness (QED) is 0.154. The van der Waals surface area contributed by atoms with E-state index in [0.29, 0.717) is 48.0 Å². The van der Waals surface area contributed by atoms with Crippen LogP contribution >= 0.6 is 0 Å². The number of amides is 1. The van der Waals surface area contributed by atoms with Crippen LogP contribution in [0.15, 0.2) is 52.7 Å². The van der Waals surface area contributed by atoms with E-state index in [-0.39, 0.29) is 22.2 Å². The predicted molar refractivity (Wildman–Crippen MR) is 164 cm³/mol. The third-order valence-electron chi connectivity index (χ3n) is 6.74. The molecule has 3 N–H and O–H groups in total. The molecule has 0 aliphatic rings. The molecular formula is C29H38N6O8S. The summed E-state index contributed by atoms with van der Waals surface area (Å²) in [6, 6.07) is 8.28. The maximum atomic E-state index is 13.2. The number of nitrogens with zero attached hydrogens (tertiary/aromatic N) is 4. The van der Waals surface area contributed by atoms with E-state index >= 15 is 0 Å². The monoisotopic (exact) mass is 630 g/mol. The zero-order chi connectivity index (χ0) is 31.9. The first kappa shape index (κ1) is 32.3. The Morgan fingerprint density at radius 2 is 1.55 bits per heavy atom. The molecule has 0 atom stereocenters. The van der Waals surface area contributed by atoms with E-state index in [4.69, 9.17) is 19.3 Å². The summed E-state index contributed by atoms with van der Waals surface area (Å²) in [5.41, 5.74) is 0.886. The molecule has 0 saturated heterocycles. The lowest BCUT2D eigenvalue weighted by molar-refractivity contribution is 0.194. The van der Waals surface area contributed by atoms with Gasteiger partial charge in [-0.2, -0.15) is 8.42 Å². The Kier molecular flexibility index (Phi) is 10.4. The van der Waals surface area contributed by atoms with Gasteiger partial charge in [-0.1, -0.05) is 19.8 Å². The van der Waals surface area contributed by atoms with Crippen molar-refractivity contribution in [3.8, 4) is 23.0 Å². The highest BCUT2D eigenvalue weighted by atomic mass is 32.2. The van der Waals surface area contributed by atoms with Crippen molar-refractivity contribution >= 4 is 32.8 Å². The number of imidazole rings is 2. The topological polar surface area (TPSA) is 168 Å². The Morgan fingerprint density at radius 3 is 2.18 bits per heavy atom. The van der Waals surface area contributed by atoms with E-state index < -0.39 is 16.1 Å². The fraction of sp³-hybridized carbons (Fsp3) is 0.414. The Hall–Kier alpha value is -4.66. The van der Waals surface area contributed by atoms with Gasteiger partial charge >= 0.3 is 11.8 Å². The summed E-state index contributed by atoms with van der Waals surface area (Å²) < 4.78 is 51.5. The number of carboxylic acid groups (broad SMARTS) is 1. The van der Waals surface area contributed by atoms with E-state index in [9.17, 15) is 18.0 Å². The van der Waals surface area contributed by atoms with Gasteiger partial charge < -0.3 is 29.2 Å². The van der Waals surface area contributed by atoms with Crippen LogP contribution in [0, 0.1) is 0 Å². The van der Waals surface area contributed by atoms with Gasteiger partial charge in [-0.25, -0.2) is 14.6 Å². The third-order valence-corrected chi connectivity index (χ3v) is 7.99. The number of hydrogen-bond acceptors (Lipinski definition) is 8. The van der Waals surface area contributed by atoms with Gasteiger partial charge in [-0.3, -0.25) is 13.9 Å². The zero-order valence-electron chi connectivity index (χ0n) is 25.2. The molecule has 44 heavy (non-hydrogen) atoms. The maximum absolute atomic E-state index is 13.2. The van der Waals surface area contributed by atoms with Crippen LogP contribution in [0.4, 0.5) is 10.5 Å². The Bertz CT molecular complexity index is 1780. The summed E-state index contributed by atoms with van der Waals surface area (Å²) in [5, 5.41) is 10.8. The smallest absolute Gasteiger partial charge is 0.404 e. The van der Waals surface area contributed by atoms with Gasteiger partial charge in [-0.15, -0.1) is 0 Å². The molecule has 0 spiro atoms. The number of rotatable bonds is 16. The molecular weight excluding hydrogens is 592 g/mol. The molecule has 4 rings (SSSR count). The minimum absolute atomic E-state index is 0.115. The molecule has 0 fully saturated rings. The average molecular weight is 631 g/mol. The number of carbonyl (C=O) groups is 1. The first-order chi connectivity index (χ1) is 21.0. The van der Waals surface area contributed by atoms with Crippen LogP contribution in [0.2, 0.25) is 0 Å².